The summed E-state index contributed by atoms with van der Waals surface area (Å²) in [5.74, 6) is -0.675. The number of ether oxygens (including phenoxy) is 1. The predicted octanol–water partition coefficient (Wildman–Crippen LogP) is 1.81. The van der Waals surface area contributed by atoms with Gasteiger partial charge in [0.25, 0.3) is 0 Å². The van der Waals surface area contributed by atoms with Crippen molar-refractivity contribution in [1.29, 1.82) is 0 Å². The van der Waals surface area contributed by atoms with Gasteiger partial charge in [-0.25, -0.2) is 0 Å². The smallest absolute Gasteiger partial charge is 0.311 e. The Labute approximate surface area is 78.1 Å². The van der Waals surface area contributed by atoms with Gasteiger partial charge >= 0.3 is 5.97 Å². The molecule has 0 saturated heterocycles. The van der Waals surface area contributed by atoms with Crippen LogP contribution < -0.4 is 0 Å². The highest BCUT2D eigenvalue weighted by molar-refractivity contribution is 5.77. The van der Waals surface area contributed by atoms with Crippen LogP contribution in [0.4, 0.5) is 0 Å². The second-order valence-electron chi connectivity index (χ2n) is 4.30. The van der Waals surface area contributed by atoms with Crippen LogP contribution in [-0.4, -0.2) is 23.8 Å². The van der Waals surface area contributed by atoms with Crippen molar-refractivity contribution in [2.75, 3.05) is 6.61 Å². The number of carboxylic acids is 1. The second-order valence-corrected chi connectivity index (χ2v) is 4.30. The van der Waals surface area contributed by atoms with E-state index in [4.69, 9.17) is 9.84 Å². The Kier molecular flexibility index (Phi) is 2.28. The van der Waals surface area contributed by atoms with E-state index in [1.54, 1.807) is 0 Å². The number of carbonyl (C=O) groups is 1. The molecule has 3 heteroatoms. The molecule has 0 aliphatic heterocycles. The van der Waals surface area contributed by atoms with Crippen molar-refractivity contribution in [3.63, 3.8) is 0 Å². The highest BCUT2D eigenvalue weighted by Crippen LogP contribution is 2.46. The fraction of sp³-hybridized carbons (Fsp3) is 0.900. The largest absolute Gasteiger partial charge is 0.481 e. The van der Waals surface area contributed by atoms with E-state index in [9.17, 15) is 4.79 Å². The van der Waals surface area contributed by atoms with Gasteiger partial charge in [-0.2, -0.15) is 0 Å². The Morgan fingerprint density at radius 1 is 1.38 bits per heavy atom. The van der Waals surface area contributed by atoms with Gasteiger partial charge in [0.2, 0.25) is 0 Å². The van der Waals surface area contributed by atoms with Gasteiger partial charge in [0, 0.05) is 0 Å². The molecule has 2 fully saturated rings. The van der Waals surface area contributed by atoms with Gasteiger partial charge < -0.3 is 9.84 Å². The van der Waals surface area contributed by atoms with Crippen molar-refractivity contribution in [3.05, 3.63) is 0 Å². The average molecular weight is 184 g/mol. The summed E-state index contributed by atoms with van der Waals surface area (Å²) in [7, 11) is 0. The van der Waals surface area contributed by atoms with E-state index in [1.165, 1.54) is 12.8 Å². The lowest BCUT2D eigenvalue weighted by Gasteiger charge is -2.14. The number of carboxylic acid groups (broad SMARTS) is 1. The molecule has 0 spiro atoms. The number of aliphatic carboxylic acids is 1. The molecule has 0 amide bonds. The standard InChI is InChI=1S/C10H16O3/c11-9(12)10(5-6-10)7-13-8-3-1-2-4-8/h8H,1-7H2,(H,11,12). The first-order valence-corrected chi connectivity index (χ1v) is 5.08. The molecule has 0 heterocycles. The molecule has 0 unspecified atom stereocenters. The molecule has 2 saturated carbocycles. The topological polar surface area (TPSA) is 46.5 Å². The molecule has 0 radical (unpaired) electrons. The van der Waals surface area contributed by atoms with Crippen LogP contribution in [0, 0.1) is 5.41 Å². The van der Waals surface area contributed by atoms with Crippen LogP contribution in [-0.2, 0) is 9.53 Å². The van der Waals surface area contributed by atoms with Crippen molar-refractivity contribution in [1.82, 2.24) is 0 Å². The minimum atomic E-state index is -0.675. The molecule has 13 heavy (non-hydrogen) atoms. The number of hydrogen-bond acceptors (Lipinski definition) is 2. The number of rotatable bonds is 4. The summed E-state index contributed by atoms with van der Waals surface area (Å²) in [6.07, 6.45) is 6.67. The van der Waals surface area contributed by atoms with Gasteiger partial charge in [-0.05, 0) is 25.7 Å². The Balaban J connectivity index is 1.75. The Bertz CT molecular complexity index is 202. The van der Waals surface area contributed by atoms with E-state index in [1.807, 2.05) is 0 Å². The maximum atomic E-state index is 10.8. The van der Waals surface area contributed by atoms with Crippen LogP contribution in [0.2, 0.25) is 0 Å². The summed E-state index contributed by atoms with van der Waals surface area (Å²) in [4.78, 5) is 10.8. The van der Waals surface area contributed by atoms with Crippen molar-refractivity contribution in [2.24, 2.45) is 5.41 Å². The van der Waals surface area contributed by atoms with E-state index >= 15 is 0 Å². The summed E-state index contributed by atoms with van der Waals surface area (Å²) in [5.41, 5.74) is -0.497. The monoisotopic (exact) mass is 184 g/mol. The van der Waals surface area contributed by atoms with Crippen LogP contribution in [0.5, 0.6) is 0 Å². The van der Waals surface area contributed by atoms with Crippen LogP contribution in [0.3, 0.4) is 0 Å². The third-order valence-electron chi connectivity index (χ3n) is 3.20. The van der Waals surface area contributed by atoms with Gasteiger partial charge in [-0.1, -0.05) is 12.8 Å². The third-order valence-corrected chi connectivity index (χ3v) is 3.20. The molecule has 0 aromatic carbocycles. The fourth-order valence-electron chi connectivity index (χ4n) is 1.90. The zero-order valence-electron chi connectivity index (χ0n) is 7.79. The Hall–Kier alpha value is -0.570. The van der Waals surface area contributed by atoms with E-state index in [-0.39, 0.29) is 0 Å². The maximum absolute atomic E-state index is 10.8. The third kappa shape index (κ3) is 1.85. The van der Waals surface area contributed by atoms with Crippen molar-refractivity contribution in [3.8, 4) is 0 Å². The minimum absolute atomic E-state index is 0.344. The zero-order chi connectivity index (χ0) is 9.31. The lowest BCUT2D eigenvalue weighted by Crippen LogP contribution is -2.24. The molecule has 0 atom stereocenters. The zero-order valence-corrected chi connectivity index (χ0v) is 7.79. The van der Waals surface area contributed by atoms with Crippen molar-refractivity contribution < 1.29 is 14.6 Å². The molecular weight excluding hydrogens is 168 g/mol. The Morgan fingerprint density at radius 2 is 2.00 bits per heavy atom. The van der Waals surface area contributed by atoms with Crippen LogP contribution in [0.25, 0.3) is 0 Å². The lowest BCUT2D eigenvalue weighted by atomic mass is 10.1. The van der Waals surface area contributed by atoms with Crippen LogP contribution >= 0.6 is 0 Å². The second kappa shape index (κ2) is 3.29. The summed E-state index contributed by atoms with van der Waals surface area (Å²) in [6, 6.07) is 0. The van der Waals surface area contributed by atoms with Gasteiger partial charge in [-0.15, -0.1) is 0 Å². The first-order chi connectivity index (χ1) is 6.23. The van der Waals surface area contributed by atoms with Crippen LogP contribution in [0.15, 0.2) is 0 Å². The summed E-state index contributed by atoms with van der Waals surface area (Å²) >= 11 is 0. The quantitative estimate of drug-likeness (QED) is 0.724. The molecule has 0 aromatic heterocycles. The summed E-state index contributed by atoms with van der Waals surface area (Å²) in [6.45, 7) is 0.438. The predicted molar refractivity (Wildman–Crippen MR) is 47.5 cm³/mol. The molecule has 2 aliphatic carbocycles. The van der Waals surface area contributed by atoms with E-state index < -0.39 is 11.4 Å². The number of hydrogen-bond donors (Lipinski definition) is 1. The molecule has 1 N–H and O–H groups in total. The first kappa shape index (κ1) is 9.00. The normalized spacial score (nSPS) is 26.2. The molecule has 3 nitrogen and oxygen atoms in total. The summed E-state index contributed by atoms with van der Waals surface area (Å²) in [5, 5.41) is 8.90. The lowest BCUT2D eigenvalue weighted by molar-refractivity contribution is -0.146. The average Bonchev–Trinajstić information content (AvgIpc) is 2.73. The highest BCUT2D eigenvalue weighted by atomic mass is 16.5. The van der Waals surface area contributed by atoms with Gasteiger partial charge in [0.15, 0.2) is 0 Å². The first-order valence-electron chi connectivity index (χ1n) is 5.08. The molecule has 2 aliphatic rings. The van der Waals surface area contributed by atoms with Gasteiger partial charge in [0.1, 0.15) is 0 Å². The molecule has 0 aromatic rings. The molecule has 2 rings (SSSR count). The Morgan fingerprint density at radius 3 is 2.46 bits per heavy atom. The van der Waals surface area contributed by atoms with Crippen LogP contribution in [0.1, 0.15) is 38.5 Å². The summed E-state index contributed by atoms with van der Waals surface area (Å²) < 4.78 is 5.61. The van der Waals surface area contributed by atoms with E-state index in [0.29, 0.717) is 12.7 Å². The van der Waals surface area contributed by atoms with Gasteiger partial charge in [0.05, 0.1) is 18.1 Å². The highest BCUT2D eigenvalue weighted by Gasteiger charge is 2.50. The fourth-order valence-corrected chi connectivity index (χ4v) is 1.90. The van der Waals surface area contributed by atoms with E-state index in [2.05, 4.69) is 0 Å². The minimum Gasteiger partial charge on any atom is -0.481 e. The van der Waals surface area contributed by atoms with E-state index in [0.717, 1.165) is 25.7 Å². The van der Waals surface area contributed by atoms with Crippen molar-refractivity contribution in [2.45, 2.75) is 44.6 Å². The molecule has 0 bridgehead atoms. The molecular formula is C10H16O3. The molecule has 74 valence electrons. The van der Waals surface area contributed by atoms with Gasteiger partial charge in [-0.3, -0.25) is 4.79 Å². The SMILES string of the molecule is O=C(O)C1(COC2CCCC2)CC1. The van der Waals surface area contributed by atoms with Crippen molar-refractivity contribution >= 4 is 5.97 Å². The maximum Gasteiger partial charge on any atom is 0.311 e.